The molecular formula is C17H19NO3S2. The van der Waals surface area contributed by atoms with Crippen molar-refractivity contribution in [2.75, 3.05) is 24.7 Å². The van der Waals surface area contributed by atoms with Crippen LogP contribution in [0, 0.1) is 0 Å². The average molecular weight is 349 g/mol. The fraction of sp³-hybridized carbons (Fsp3) is 0.294. The zero-order valence-corrected chi connectivity index (χ0v) is 14.9. The average Bonchev–Trinajstić information content (AvgIpc) is 2.91. The van der Waals surface area contributed by atoms with Crippen LogP contribution in [0.15, 0.2) is 40.2 Å². The summed E-state index contributed by atoms with van der Waals surface area (Å²) in [6.07, 6.45) is 2.99. The molecule has 4 nitrogen and oxygen atoms in total. The maximum Gasteiger partial charge on any atom is 0.341 e. The first-order chi connectivity index (χ1) is 10.9. The third-order valence-corrected chi connectivity index (χ3v) is 6.23. The molecule has 1 saturated heterocycles. The predicted molar refractivity (Wildman–Crippen MR) is 99.0 cm³/mol. The zero-order valence-electron chi connectivity index (χ0n) is 13.3. The highest BCUT2D eigenvalue weighted by atomic mass is 32.2. The summed E-state index contributed by atoms with van der Waals surface area (Å²) in [6, 6.07) is 7.69. The van der Waals surface area contributed by atoms with Gasteiger partial charge in [-0.2, -0.15) is 0 Å². The third-order valence-electron chi connectivity index (χ3n) is 3.26. The van der Waals surface area contributed by atoms with Crippen LogP contribution < -0.4 is 4.90 Å². The van der Waals surface area contributed by atoms with E-state index in [4.69, 9.17) is 0 Å². The molecule has 0 aliphatic carbocycles. The predicted octanol–water partition coefficient (Wildman–Crippen LogP) is 3.50. The molecule has 2 rings (SSSR count). The maximum absolute atomic E-state index is 12.3. The van der Waals surface area contributed by atoms with Crippen molar-refractivity contribution in [3.05, 3.63) is 45.7 Å². The SMILES string of the molecule is CC1CSC(=C(C(=O)O)C(=O)C=Cc2ccc(N(C)C)cc2)S1. The number of thioether (sulfide) groups is 2. The minimum Gasteiger partial charge on any atom is -0.477 e. The standard InChI is InChI=1S/C17H19NO3S2/c1-11-10-22-17(23-11)15(16(20)21)14(19)9-6-12-4-7-13(8-5-12)18(2)3/h4-9,11H,10H2,1-3H3,(H,20,21). The number of carbonyl (C=O) groups is 2. The molecule has 1 N–H and O–H groups in total. The summed E-state index contributed by atoms with van der Waals surface area (Å²) in [7, 11) is 3.91. The number of rotatable bonds is 5. The van der Waals surface area contributed by atoms with E-state index in [1.165, 1.54) is 29.6 Å². The minimum atomic E-state index is -1.16. The lowest BCUT2D eigenvalue weighted by atomic mass is 10.1. The van der Waals surface area contributed by atoms with E-state index in [-0.39, 0.29) is 5.57 Å². The Hall–Kier alpha value is -1.66. The number of anilines is 1. The molecule has 0 aromatic heterocycles. The van der Waals surface area contributed by atoms with E-state index in [1.54, 1.807) is 6.08 Å². The van der Waals surface area contributed by atoms with Gasteiger partial charge in [-0.1, -0.05) is 25.1 Å². The van der Waals surface area contributed by atoms with Crippen molar-refractivity contribution >= 4 is 47.0 Å². The second kappa shape index (κ2) is 7.75. The van der Waals surface area contributed by atoms with E-state index < -0.39 is 11.8 Å². The summed E-state index contributed by atoms with van der Waals surface area (Å²) >= 11 is 2.90. The highest BCUT2D eigenvalue weighted by molar-refractivity contribution is 8.25. The van der Waals surface area contributed by atoms with Crippen molar-refractivity contribution in [2.45, 2.75) is 12.2 Å². The molecule has 6 heteroatoms. The molecule has 1 aliphatic rings. The Labute approximate surface area is 144 Å². The Bertz CT molecular complexity index is 663. The van der Waals surface area contributed by atoms with Crippen molar-refractivity contribution in [1.29, 1.82) is 0 Å². The summed E-state index contributed by atoms with van der Waals surface area (Å²) in [5, 5.41) is 9.67. The largest absolute Gasteiger partial charge is 0.477 e. The number of benzene rings is 1. The van der Waals surface area contributed by atoms with E-state index in [1.807, 2.05) is 50.2 Å². The van der Waals surface area contributed by atoms with Crippen LogP contribution in [0.2, 0.25) is 0 Å². The van der Waals surface area contributed by atoms with Crippen molar-refractivity contribution in [2.24, 2.45) is 0 Å². The van der Waals surface area contributed by atoms with Gasteiger partial charge in [-0.25, -0.2) is 4.79 Å². The molecule has 1 aliphatic heterocycles. The Morgan fingerprint density at radius 3 is 2.39 bits per heavy atom. The Morgan fingerprint density at radius 2 is 1.91 bits per heavy atom. The van der Waals surface area contributed by atoms with Crippen molar-refractivity contribution in [3.8, 4) is 0 Å². The van der Waals surface area contributed by atoms with Gasteiger partial charge in [0.2, 0.25) is 0 Å². The second-order valence-electron chi connectivity index (χ2n) is 5.39. The quantitative estimate of drug-likeness (QED) is 0.499. The summed E-state index contributed by atoms with van der Waals surface area (Å²) < 4.78 is 0.614. The Morgan fingerprint density at radius 1 is 1.26 bits per heavy atom. The van der Waals surface area contributed by atoms with Crippen molar-refractivity contribution < 1.29 is 14.7 Å². The van der Waals surface area contributed by atoms with Crippen LogP contribution >= 0.6 is 23.5 Å². The monoisotopic (exact) mass is 349 g/mol. The Balaban J connectivity index is 2.17. The molecule has 0 spiro atoms. The second-order valence-corrected chi connectivity index (χ2v) is 8.13. The molecule has 0 bridgehead atoms. The highest BCUT2D eigenvalue weighted by Gasteiger charge is 2.27. The smallest absolute Gasteiger partial charge is 0.341 e. The number of ketones is 1. The van der Waals surface area contributed by atoms with E-state index in [0.717, 1.165) is 17.0 Å². The first-order valence-electron chi connectivity index (χ1n) is 7.15. The number of carboxylic acid groups (broad SMARTS) is 1. The number of nitrogens with zero attached hydrogens (tertiary/aromatic N) is 1. The molecule has 23 heavy (non-hydrogen) atoms. The molecule has 0 amide bonds. The van der Waals surface area contributed by atoms with Crippen molar-refractivity contribution in [3.63, 3.8) is 0 Å². The van der Waals surface area contributed by atoms with Gasteiger partial charge in [-0.3, -0.25) is 4.79 Å². The van der Waals surface area contributed by atoms with E-state index in [0.29, 0.717) is 9.49 Å². The van der Waals surface area contributed by atoms with Crippen LogP contribution in [-0.2, 0) is 9.59 Å². The zero-order chi connectivity index (χ0) is 17.0. The van der Waals surface area contributed by atoms with Gasteiger partial charge in [0.05, 0.1) is 4.24 Å². The van der Waals surface area contributed by atoms with Crippen LogP contribution in [0.5, 0.6) is 0 Å². The van der Waals surface area contributed by atoms with Gasteiger partial charge in [0.1, 0.15) is 5.57 Å². The summed E-state index contributed by atoms with van der Waals surface area (Å²) in [5.74, 6) is -0.787. The van der Waals surface area contributed by atoms with Crippen LogP contribution in [0.25, 0.3) is 6.08 Å². The topological polar surface area (TPSA) is 57.6 Å². The first kappa shape index (κ1) is 17.7. The van der Waals surface area contributed by atoms with E-state index >= 15 is 0 Å². The molecule has 1 fully saturated rings. The van der Waals surface area contributed by atoms with Crippen molar-refractivity contribution in [1.82, 2.24) is 0 Å². The maximum atomic E-state index is 12.3. The lowest BCUT2D eigenvalue weighted by molar-refractivity contribution is -0.134. The van der Waals surface area contributed by atoms with Crippen LogP contribution in [0.1, 0.15) is 12.5 Å². The number of carboxylic acids is 1. The van der Waals surface area contributed by atoms with Crippen LogP contribution in [0.3, 0.4) is 0 Å². The fourth-order valence-electron chi connectivity index (χ4n) is 2.01. The molecular weight excluding hydrogens is 330 g/mol. The van der Waals surface area contributed by atoms with E-state index in [9.17, 15) is 14.7 Å². The molecule has 1 unspecified atom stereocenters. The van der Waals surface area contributed by atoms with Gasteiger partial charge in [0, 0.05) is 30.8 Å². The van der Waals surface area contributed by atoms with Gasteiger partial charge < -0.3 is 10.0 Å². The van der Waals surface area contributed by atoms with Crippen LogP contribution in [-0.4, -0.2) is 42.0 Å². The van der Waals surface area contributed by atoms with Gasteiger partial charge in [0.15, 0.2) is 5.78 Å². The molecule has 122 valence electrons. The normalized spacial score (nSPS) is 19.9. The minimum absolute atomic E-state index is 0.120. The third kappa shape index (κ3) is 4.65. The highest BCUT2D eigenvalue weighted by Crippen LogP contribution is 2.43. The number of hydrogen-bond acceptors (Lipinski definition) is 5. The summed E-state index contributed by atoms with van der Waals surface area (Å²) in [6.45, 7) is 2.02. The number of hydrogen-bond donors (Lipinski definition) is 1. The molecule has 1 aromatic carbocycles. The van der Waals surface area contributed by atoms with Crippen LogP contribution in [0.4, 0.5) is 5.69 Å². The lowest BCUT2D eigenvalue weighted by Crippen LogP contribution is -2.11. The summed E-state index contributed by atoms with van der Waals surface area (Å²) in [4.78, 5) is 25.7. The Kier molecular flexibility index (Phi) is 5.96. The van der Waals surface area contributed by atoms with Gasteiger partial charge >= 0.3 is 5.97 Å². The molecule has 1 heterocycles. The van der Waals surface area contributed by atoms with Gasteiger partial charge in [-0.15, -0.1) is 23.5 Å². The summed E-state index contributed by atoms with van der Waals surface area (Å²) in [5.41, 5.74) is 1.80. The number of allylic oxidation sites excluding steroid dienone is 1. The van der Waals surface area contributed by atoms with E-state index in [2.05, 4.69) is 0 Å². The molecule has 0 saturated carbocycles. The number of aliphatic carboxylic acids is 1. The molecule has 1 aromatic rings. The first-order valence-corrected chi connectivity index (χ1v) is 9.02. The lowest BCUT2D eigenvalue weighted by Gasteiger charge is -2.11. The molecule has 0 radical (unpaired) electrons. The van der Waals surface area contributed by atoms with Gasteiger partial charge in [0.25, 0.3) is 0 Å². The fourth-order valence-corrected chi connectivity index (χ4v) is 4.84. The molecule has 1 atom stereocenters. The number of carbonyl (C=O) groups excluding carboxylic acids is 1. The van der Waals surface area contributed by atoms with Gasteiger partial charge in [-0.05, 0) is 23.8 Å².